The van der Waals surface area contributed by atoms with Crippen molar-refractivity contribution in [1.29, 1.82) is 0 Å². The van der Waals surface area contributed by atoms with Crippen molar-refractivity contribution >= 4 is 17.6 Å². The number of anilines is 1. The van der Waals surface area contributed by atoms with Gasteiger partial charge in [0.2, 0.25) is 0 Å². The molecule has 0 unspecified atom stereocenters. The number of hydrogen-bond acceptors (Lipinski definition) is 2. The smallest absolute Gasteiger partial charge is 0.316 e. The van der Waals surface area contributed by atoms with Crippen LogP contribution in [0.2, 0.25) is 0 Å². The van der Waals surface area contributed by atoms with Gasteiger partial charge in [0.1, 0.15) is 0 Å². The third-order valence-electron chi connectivity index (χ3n) is 4.69. The van der Waals surface area contributed by atoms with Crippen LogP contribution in [-0.2, 0) is 6.18 Å². The summed E-state index contributed by atoms with van der Waals surface area (Å²) in [5.41, 5.74) is -0.212. The highest BCUT2D eigenvalue weighted by molar-refractivity contribution is 8.00. The van der Waals surface area contributed by atoms with Crippen LogP contribution in [0.25, 0.3) is 0 Å². The lowest BCUT2D eigenvalue weighted by molar-refractivity contribution is -0.137. The maximum atomic E-state index is 13.4. The van der Waals surface area contributed by atoms with Crippen molar-refractivity contribution in [1.82, 2.24) is 0 Å². The molecular weight excluding hydrogens is 367 g/mol. The standard InChI is InChI=1S/C22H36F3NS/c1-3-5-7-8-9-10-11-15-19-27-26(18-14-6-4-2)21-17-13-12-16-20(21)22(23,24)25/h12-13,16-17H,3-11,14-15,18-19H2,1-2H3. The molecule has 0 heterocycles. The second-order valence-corrected chi connectivity index (χ2v) is 8.24. The number of benzene rings is 1. The van der Waals surface area contributed by atoms with Crippen LogP contribution in [-0.4, -0.2) is 12.3 Å². The van der Waals surface area contributed by atoms with Crippen molar-refractivity contribution in [2.75, 3.05) is 16.6 Å². The first kappa shape index (κ1) is 24.2. The normalized spacial score (nSPS) is 11.7. The molecular formula is C22H36F3NS. The van der Waals surface area contributed by atoms with E-state index in [1.54, 1.807) is 24.1 Å². The van der Waals surface area contributed by atoms with Crippen LogP contribution in [0.3, 0.4) is 0 Å². The molecule has 5 heteroatoms. The van der Waals surface area contributed by atoms with Crippen LogP contribution >= 0.6 is 11.9 Å². The van der Waals surface area contributed by atoms with Crippen molar-refractivity contribution in [3.63, 3.8) is 0 Å². The number of hydrogen-bond donors (Lipinski definition) is 0. The van der Waals surface area contributed by atoms with E-state index in [9.17, 15) is 13.2 Å². The zero-order valence-corrected chi connectivity index (χ0v) is 17.8. The van der Waals surface area contributed by atoms with Gasteiger partial charge in [-0.05, 0) is 36.9 Å². The molecule has 0 atom stereocenters. The zero-order valence-electron chi connectivity index (χ0n) is 17.0. The molecule has 0 spiro atoms. The molecule has 0 saturated heterocycles. The van der Waals surface area contributed by atoms with Gasteiger partial charge in [0.05, 0.1) is 11.3 Å². The fourth-order valence-electron chi connectivity index (χ4n) is 3.10. The highest BCUT2D eigenvalue weighted by Gasteiger charge is 2.34. The summed E-state index contributed by atoms with van der Waals surface area (Å²) in [5.74, 6) is 0.882. The minimum atomic E-state index is -4.31. The summed E-state index contributed by atoms with van der Waals surface area (Å²) in [7, 11) is 0. The highest BCUT2D eigenvalue weighted by Crippen LogP contribution is 2.38. The Labute approximate surface area is 168 Å². The summed E-state index contributed by atoms with van der Waals surface area (Å²) in [6, 6.07) is 5.97. The summed E-state index contributed by atoms with van der Waals surface area (Å²) in [5, 5.41) is 0. The third kappa shape index (κ3) is 10.3. The highest BCUT2D eigenvalue weighted by atomic mass is 32.2. The van der Waals surface area contributed by atoms with E-state index in [-0.39, 0.29) is 0 Å². The Hall–Kier alpha value is -0.840. The number of nitrogens with zero attached hydrogens (tertiary/aromatic N) is 1. The van der Waals surface area contributed by atoms with E-state index in [4.69, 9.17) is 0 Å². The van der Waals surface area contributed by atoms with Crippen molar-refractivity contribution in [2.45, 2.75) is 90.7 Å². The molecule has 0 saturated carbocycles. The van der Waals surface area contributed by atoms with Crippen molar-refractivity contribution < 1.29 is 13.2 Å². The van der Waals surface area contributed by atoms with Crippen LogP contribution in [0.4, 0.5) is 18.9 Å². The minimum absolute atomic E-state index is 0.311. The van der Waals surface area contributed by atoms with E-state index in [2.05, 4.69) is 13.8 Å². The van der Waals surface area contributed by atoms with Gasteiger partial charge in [-0.3, -0.25) is 0 Å². The average Bonchev–Trinajstić information content (AvgIpc) is 2.64. The number of para-hydroxylation sites is 1. The Morgan fingerprint density at radius 3 is 1.96 bits per heavy atom. The zero-order chi connectivity index (χ0) is 20.0. The Balaban J connectivity index is 2.51. The van der Waals surface area contributed by atoms with Gasteiger partial charge in [0.25, 0.3) is 0 Å². The first-order chi connectivity index (χ1) is 13.0. The fraction of sp³-hybridized carbons (Fsp3) is 0.727. The monoisotopic (exact) mass is 403 g/mol. The number of alkyl halides is 3. The minimum Gasteiger partial charge on any atom is -0.316 e. The Kier molecular flexibility index (Phi) is 12.7. The summed E-state index contributed by atoms with van der Waals surface area (Å²) in [4.78, 5) is 0. The third-order valence-corrected chi connectivity index (χ3v) is 5.85. The lowest BCUT2D eigenvalue weighted by Gasteiger charge is -2.26. The van der Waals surface area contributed by atoms with Gasteiger partial charge in [0, 0.05) is 12.3 Å². The molecule has 0 aliphatic carbocycles. The number of halogens is 3. The van der Waals surface area contributed by atoms with Crippen LogP contribution in [0.15, 0.2) is 24.3 Å². The molecule has 0 aromatic heterocycles. The molecule has 0 amide bonds. The Morgan fingerprint density at radius 1 is 0.778 bits per heavy atom. The maximum absolute atomic E-state index is 13.4. The quantitative estimate of drug-likeness (QED) is 0.213. The molecule has 0 aliphatic rings. The molecule has 0 N–H and O–H groups in total. The van der Waals surface area contributed by atoms with E-state index < -0.39 is 11.7 Å². The molecule has 156 valence electrons. The summed E-state index contributed by atoms with van der Waals surface area (Å²) in [6.07, 6.45) is 8.70. The van der Waals surface area contributed by atoms with E-state index in [1.165, 1.54) is 57.1 Å². The second kappa shape index (κ2) is 14.2. The number of unbranched alkanes of at least 4 members (excludes halogenated alkanes) is 9. The molecule has 1 rings (SSSR count). The second-order valence-electron chi connectivity index (χ2n) is 7.13. The van der Waals surface area contributed by atoms with Crippen LogP contribution < -0.4 is 4.31 Å². The first-order valence-electron chi connectivity index (χ1n) is 10.6. The van der Waals surface area contributed by atoms with Crippen LogP contribution in [0, 0.1) is 0 Å². The summed E-state index contributed by atoms with van der Waals surface area (Å²) >= 11 is 1.56. The van der Waals surface area contributed by atoms with Gasteiger partial charge >= 0.3 is 6.18 Å². The Morgan fingerprint density at radius 2 is 1.33 bits per heavy atom. The molecule has 1 aromatic rings. The average molecular weight is 404 g/mol. The van der Waals surface area contributed by atoms with Gasteiger partial charge in [-0.25, -0.2) is 0 Å². The van der Waals surface area contributed by atoms with Crippen LogP contribution in [0.5, 0.6) is 0 Å². The van der Waals surface area contributed by atoms with Crippen molar-refractivity contribution in [2.24, 2.45) is 0 Å². The molecule has 0 aliphatic heterocycles. The largest absolute Gasteiger partial charge is 0.418 e. The predicted molar refractivity (Wildman–Crippen MR) is 113 cm³/mol. The van der Waals surface area contributed by atoms with E-state index >= 15 is 0 Å². The number of rotatable bonds is 15. The van der Waals surface area contributed by atoms with Gasteiger partial charge in [0.15, 0.2) is 0 Å². The molecule has 1 aromatic carbocycles. The summed E-state index contributed by atoms with van der Waals surface area (Å²) in [6.45, 7) is 5.00. The molecule has 0 bridgehead atoms. The lowest BCUT2D eigenvalue weighted by atomic mass is 10.1. The van der Waals surface area contributed by atoms with E-state index in [0.717, 1.165) is 31.4 Å². The van der Waals surface area contributed by atoms with Gasteiger partial charge in [-0.15, -0.1) is 0 Å². The molecule has 1 nitrogen and oxygen atoms in total. The van der Waals surface area contributed by atoms with Gasteiger partial charge in [-0.1, -0.05) is 83.8 Å². The molecule has 27 heavy (non-hydrogen) atoms. The van der Waals surface area contributed by atoms with E-state index in [1.807, 2.05) is 4.31 Å². The lowest BCUT2D eigenvalue weighted by Crippen LogP contribution is -2.21. The van der Waals surface area contributed by atoms with Gasteiger partial charge in [-0.2, -0.15) is 13.2 Å². The Bertz CT molecular complexity index is 491. The maximum Gasteiger partial charge on any atom is 0.418 e. The van der Waals surface area contributed by atoms with Gasteiger partial charge < -0.3 is 4.31 Å². The summed E-state index contributed by atoms with van der Waals surface area (Å²) < 4.78 is 42.0. The molecule has 0 fully saturated rings. The first-order valence-corrected chi connectivity index (χ1v) is 11.5. The fourth-order valence-corrected chi connectivity index (χ4v) is 4.21. The van der Waals surface area contributed by atoms with E-state index in [0.29, 0.717) is 12.2 Å². The predicted octanol–water partition coefficient (Wildman–Crippen LogP) is 8.49. The topological polar surface area (TPSA) is 3.24 Å². The molecule has 0 radical (unpaired) electrons. The van der Waals surface area contributed by atoms with Crippen molar-refractivity contribution in [3.05, 3.63) is 29.8 Å². The SMILES string of the molecule is CCCCCCCCCCSN(CCCCC)c1ccccc1C(F)(F)F. The van der Waals surface area contributed by atoms with Crippen LogP contribution in [0.1, 0.15) is 90.0 Å². The van der Waals surface area contributed by atoms with Crippen molar-refractivity contribution in [3.8, 4) is 0 Å².